The topological polar surface area (TPSA) is 87.7 Å². The molecule has 0 aliphatic rings. The first-order valence-corrected chi connectivity index (χ1v) is 5.80. The Labute approximate surface area is 107 Å². The van der Waals surface area contributed by atoms with Crippen LogP contribution in [0.3, 0.4) is 0 Å². The van der Waals surface area contributed by atoms with Crippen molar-refractivity contribution in [1.29, 1.82) is 0 Å². The first kappa shape index (κ1) is 14.0. The molecule has 2 unspecified atom stereocenters. The Hall–Kier alpha value is -2.04. The van der Waals surface area contributed by atoms with Gasteiger partial charge in [0.15, 0.2) is 5.84 Å². The average Bonchev–Trinajstić information content (AvgIpc) is 2.37. The van der Waals surface area contributed by atoms with Crippen LogP contribution in [0.5, 0.6) is 0 Å². The van der Waals surface area contributed by atoms with E-state index in [1.165, 1.54) is 0 Å². The number of benzene rings is 1. The lowest BCUT2D eigenvalue weighted by Crippen LogP contribution is -2.38. The predicted octanol–water partition coefficient (Wildman–Crippen LogP) is 1.55. The maximum atomic E-state index is 11.9. The second-order valence-electron chi connectivity index (χ2n) is 4.33. The standard InChI is InChI=1S/C13H19N3O2/c1-8-6-4-5-7-11(8)10(3)15-13(17)9(2)12(14)16-18/h4-7,9-10,18H,1-3H3,(H2,14,16)(H,15,17). The van der Waals surface area contributed by atoms with Gasteiger partial charge in [-0.3, -0.25) is 4.79 Å². The average molecular weight is 249 g/mol. The fraction of sp³-hybridized carbons (Fsp3) is 0.385. The van der Waals surface area contributed by atoms with Crippen molar-refractivity contribution >= 4 is 11.7 Å². The molecule has 0 radical (unpaired) electrons. The van der Waals surface area contributed by atoms with Crippen LogP contribution in [0.2, 0.25) is 0 Å². The number of amidine groups is 1. The SMILES string of the molecule is Cc1ccccc1C(C)NC(=O)C(C)C(N)=NO. The zero-order valence-electron chi connectivity index (χ0n) is 10.8. The van der Waals surface area contributed by atoms with Gasteiger partial charge in [0, 0.05) is 0 Å². The Kier molecular flexibility index (Phi) is 4.71. The van der Waals surface area contributed by atoms with Crippen molar-refractivity contribution in [3.8, 4) is 0 Å². The van der Waals surface area contributed by atoms with Gasteiger partial charge in [0.1, 0.15) is 0 Å². The van der Waals surface area contributed by atoms with Gasteiger partial charge in [-0.15, -0.1) is 0 Å². The van der Waals surface area contributed by atoms with Gasteiger partial charge in [0.05, 0.1) is 12.0 Å². The first-order chi connectivity index (χ1) is 8.47. The molecule has 1 aromatic carbocycles. The van der Waals surface area contributed by atoms with Crippen LogP contribution in [-0.2, 0) is 4.79 Å². The third kappa shape index (κ3) is 3.23. The summed E-state index contributed by atoms with van der Waals surface area (Å²) in [4.78, 5) is 11.9. The fourth-order valence-corrected chi connectivity index (χ4v) is 1.71. The van der Waals surface area contributed by atoms with E-state index in [1.807, 2.05) is 38.1 Å². The second-order valence-corrected chi connectivity index (χ2v) is 4.33. The van der Waals surface area contributed by atoms with Crippen molar-refractivity contribution in [1.82, 2.24) is 5.32 Å². The number of nitrogens with one attached hydrogen (secondary N) is 1. The van der Waals surface area contributed by atoms with E-state index < -0.39 is 5.92 Å². The summed E-state index contributed by atoms with van der Waals surface area (Å²) >= 11 is 0. The molecule has 1 aromatic rings. The van der Waals surface area contributed by atoms with Gasteiger partial charge < -0.3 is 16.3 Å². The van der Waals surface area contributed by atoms with Gasteiger partial charge in [0.2, 0.25) is 5.91 Å². The summed E-state index contributed by atoms with van der Waals surface area (Å²) in [5.74, 6) is -1.01. The Morgan fingerprint density at radius 1 is 1.39 bits per heavy atom. The van der Waals surface area contributed by atoms with Gasteiger partial charge in [-0.05, 0) is 31.9 Å². The van der Waals surface area contributed by atoms with E-state index in [9.17, 15) is 4.79 Å². The molecule has 4 N–H and O–H groups in total. The summed E-state index contributed by atoms with van der Waals surface area (Å²) in [6, 6.07) is 7.72. The van der Waals surface area contributed by atoms with Gasteiger partial charge in [-0.1, -0.05) is 29.4 Å². The van der Waals surface area contributed by atoms with E-state index in [-0.39, 0.29) is 17.8 Å². The molecule has 0 bridgehead atoms. The first-order valence-electron chi connectivity index (χ1n) is 5.80. The number of aryl methyl sites for hydroxylation is 1. The maximum absolute atomic E-state index is 11.9. The highest BCUT2D eigenvalue weighted by molar-refractivity contribution is 6.01. The van der Waals surface area contributed by atoms with Crippen LogP contribution >= 0.6 is 0 Å². The molecule has 0 aliphatic heterocycles. The van der Waals surface area contributed by atoms with Gasteiger partial charge in [-0.2, -0.15) is 0 Å². The number of carbonyl (C=O) groups is 1. The molecule has 1 amide bonds. The highest BCUT2D eigenvalue weighted by Crippen LogP contribution is 2.17. The summed E-state index contributed by atoms with van der Waals surface area (Å²) in [6.07, 6.45) is 0. The van der Waals surface area contributed by atoms with E-state index in [1.54, 1.807) is 6.92 Å². The van der Waals surface area contributed by atoms with Gasteiger partial charge in [-0.25, -0.2) is 0 Å². The van der Waals surface area contributed by atoms with Crippen molar-refractivity contribution in [2.45, 2.75) is 26.8 Å². The molecule has 0 spiro atoms. The molecule has 0 heterocycles. The van der Waals surface area contributed by atoms with Crippen LogP contribution in [-0.4, -0.2) is 17.0 Å². The number of oxime groups is 1. The Balaban J connectivity index is 2.74. The van der Waals surface area contributed by atoms with Crippen LogP contribution in [0.15, 0.2) is 29.4 Å². The Bertz CT molecular complexity index is 457. The number of hydrogen-bond donors (Lipinski definition) is 3. The summed E-state index contributed by atoms with van der Waals surface area (Å²) in [6.45, 7) is 5.49. The molecule has 0 saturated carbocycles. The van der Waals surface area contributed by atoms with Crippen molar-refractivity contribution in [2.75, 3.05) is 0 Å². The Morgan fingerprint density at radius 3 is 2.56 bits per heavy atom. The number of nitrogens with two attached hydrogens (primary N) is 1. The van der Waals surface area contributed by atoms with E-state index in [0.717, 1.165) is 11.1 Å². The van der Waals surface area contributed by atoms with E-state index in [2.05, 4.69) is 10.5 Å². The van der Waals surface area contributed by atoms with E-state index >= 15 is 0 Å². The maximum Gasteiger partial charge on any atom is 0.231 e. The molecule has 5 heteroatoms. The molecule has 18 heavy (non-hydrogen) atoms. The summed E-state index contributed by atoms with van der Waals surface area (Å²) in [5, 5.41) is 14.2. The lowest BCUT2D eigenvalue weighted by atomic mass is 10.0. The summed E-state index contributed by atoms with van der Waals surface area (Å²) in [7, 11) is 0. The van der Waals surface area contributed by atoms with Gasteiger partial charge >= 0.3 is 0 Å². The Morgan fingerprint density at radius 2 is 2.00 bits per heavy atom. The van der Waals surface area contributed by atoms with Crippen molar-refractivity contribution in [3.05, 3.63) is 35.4 Å². The van der Waals surface area contributed by atoms with Crippen molar-refractivity contribution < 1.29 is 10.0 Å². The third-order valence-corrected chi connectivity index (χ3v) is 2.97. The quantitative estimate of drug-likeness (QED) is 0.327. The smallest absolute Gasteiger partial charge is 0.231 e. The highest BCUT2D eigenvalue weighted by Gasteiger charge is 2.20. The molecule has 0 fully saturated rings. The van der Waals surface area contributed by atoms with E-state index in [0.29, 0.717) is 0 Å². The molecule has 98 valence electrons. The van der Waals surface area contributed by atoms with Crippen LogP contribution in [0.25, 0.3) is 0 Å². The number of nitrogens with zero attached hydrogens (tertiary/aromatic N) is 1. The van der Waals surface area contributed by atoms with Crippen LogP contribution in [0.4, 0.5) is 0 Å². The lowest BCUT2D eigenvalue weighted by Gasteiger charge is -2.18. The molecule has 0 aliphatic carbocycles. The minimum atomic E-state index is -0.651. The van der Waals surface area contributed by atoms with Crippen molar-refractivity contribution in [2.24, 2.45) is 16.8 Å². The lowest BCUT2D eigenvalue weighted by molar-refractivity contribution is -0.123. The molecule has 1 rings (SSSR count). The zero-order chi connectivity index (χ0) is 13.7. The number of hydrogen-bond acceptors (Lipinski definition) is 3. The van der Waals surface area contributed by atoms with Crippen LogP contribution < -0.4 is 11.1 Å². The zero-order valence-corrected chi connectivity index (χ0v) is 10.8. The molecule has 0 saturated heterocycles. The monoisotopic (exact) mass is 249 g/mol. The number of rotatable bonds is 4. The minimum absolute atomic E-state index is 0.0931. The number of amides is 1. The normalized spacial score (nSPS) is 14.9. The predicted molar refractivity (Wildman–Crippen MR) is 70.3 cm³/mol. The fourth-order valence-electron chi connectivity index (χ4n) is 1.71. The largest absolute Gasteiger partial charge is 0.409 e. The van der Waals surface area contributed by atoms with Crippen LogP contribution in [0.1, 0.15) is 31.0 Å². The molecular weight excluding hydrogens is 230 g/mol. The number of carbonyl (C=O) groups excluding carboxylic acids is 1. The van der Waals surface area contributed by atoms with Gasteiger partial charge in [0.25, 0.3) is 0 Å². The molecule has 2 atom stereocenters. The van der Waals surface area contributed by atoms with Crippen LogP contribution in [0, 0.1) is 12.8 Å². The minimum Gasteiger partial charge on any atom is -0.409 e. The molecular formula is C13H19N3O2. The second kappa shape index (κ2) is 6.05. The highest BCUT2D eigenvalue weighted by atomic mass is 16.4. The summed E-state index contributed by atoms with van der Waals surface area (Å²) < 4.78 is 0. The van der Waals surface area contributed by atoms with Crippen molar-refractivity contribution in [3.63, 3.8) is 0 Å². The molecule has 5 nitrogen and oxygen atoms in total. The molecule has 0 aromatic heterocycles. The van der Waals surface area contributed by atoms with E-state index in [4.69, 9.17) is 10.9 Å². The summed E-state index contributed by atoms with van der Waals surface area (Å²) in [5.41, 5.74) is 7.57. The third-order valence-electron chi connectivity index (χ3n) is 2.97.